The maximum Gasteiger partial charge on any atom is 0.202 e. The SMILES string of the molecule is CCc1nsc(NC2CCC(NC)CC2)n1. The summed E-state index contributed by atoms with van der Waals surface area (Å²) in [6, 6.07) is 1.29. The summed E-state index contributed by atoms with van der Waals surface area (Å²) in [4.78, 5) is 4.44. The van der Waals surface area contributed by atoms with E-state index in [4.69, 9.17) is 0 Å². The van der Waals surface area contributed by atoms with Gasteiger partial charge < -0.3 is 10.6 Å². The Labute approximate surface area is 101 Å². The highest BCUT2D eigenvalue weighted by atomic mass is 32.1. The van der Waals surface area contributed by atoms with E-state index in [9.17, 15) is 0 Å². The zero-order valence-electron chi connectivity index (χ0n) is 9.99. The van der Waals surface area contributed by atoms with Crippen LogP contribution < -0.4 is 10.6 Å². The maximum atomic E-state index is 4.44. The number of hydrogen-bond acceptors (Lipinski definition) is 5. The summed E-state index contributed by atoms with van der Waals surface area (Å²) in [6.45, 7) is 2.09. The second kappa shape index (κ2) is 5.59. The third-order valence-electron chi connectivity index (χ3n) is 3.25. The third-order valence-corrected chi connectivity index (χ3v) is 3.93. The Kier molecular flexibility index (Phi) is 4.12. The van der Waals surface area contributed by atoms with Crippen LogP contribution in [0.2, 0.25) is 0 Å². The van der Waals surface area contributed by atoms with Crippen LogP contribution in [0, 0.1) is 0 Å². The number of hydrogen-bond donors (Lipinski definition) is 2. The van der Waals surface area contributed by atoms with Gasteiger partial charge in [0.25, 0.3) is 0 Å². The Balaban J connectivity index is 1.82. The third kappa shape index (κ3) is 2.92. The molecule has 0 saturated heterocycles. The molecular weight excluding hydrogens is 220 g/mol. The Morgan fingerprint density at radius 3 is 2.50 bits per heavy atom. The van der Waals surface area contributed by atoms with Crippen molar-refractivity contribution in [3.05, 3.63) is 5.82 Å². The monoisotopic (exact) mass is 240 g/mol. The molecule has 1 aromatic rings. The van der Waals surface area contributed by atoms with Crippen LogP contribution in [0.5, 0.6) is 0 Å². The van der Waals surface area contributed by atoms with Gasteiger partial charge in [-0.2, -0.15) is 4.37 Å². The van der Waals surface area contributed by atoms with Crippen LogP contribution in [-0.4, -0.2) is 28.5 Å². The van der Waals surface area contributed by atoms with Gasteiger partial charge in [-0.05, 0) is 32.7 Å². The lowest BCUT2D eigenvalue weighted by Crippen LogP contribution is -2.34. The smallest absolute Gasteiger partial charge is 0.202 e. The van der Waals surface area contributed by atoms with E-state index >= 15 is 0 Å². The molecule has 1 aliphatic rings. The molecule has 4 nitrogen and oxygen atoms in total. The van der Waals surface area contributed by atoms with Crippen LogP contribution in [0.3, 0.4) is 0 Å². The van der Waals surface area contributed by atoms with Crippen molar-refractivity contribution in [1.29, 1.82) is 0 Å². The van der Waals surface area contributed by atoms with E-state index in [1.807, 2.05) is 0 Å². The Bertz CT molecular complexity index is 318. The molecule has 0 atom stereocenters. The zero-order valence-corrected chi connectivity index (χ0v) is 10.8. The minimum atomic E-state index is 0.585. The minimum absolute atomic E-state index is 0.585. The molecule has 90 valence electrons. The maximum absolute atomic E-state index is 4.44. The van der Waals surface area contributed by atoms with Gasteiger partial charge in [0.1, 0.15) is 5.82 Å². The van der Waals surface area contributed by atoms with E-state index in [1.165, 1.54) is 37.2 Å². The number of aryl methyl sites for hydroxylation is 1. The van der Waals surface area contributed by atoms with Crippen molar-refractivity contribution < 1.29 is 0 Å². The van der Waals surface area contributed by atoms with Crippen LogP contribution in [0.1, 0.15) is 38.4 Å². The van der Waals surface area contributed by atoms with Crippen LogP contribution in [0.4, 0.5) is 5.13 Å². The molecule has 0 amide bonds. The average Bonchev–Trinajstić information content (AvgIpc) is 2.78. The molecule has 0 radical (unpaired) electrons. The molecule has 2 rings (SSSR count). The lowest BCUT2D eigenvalue weighted by Gasteiger charge is -2.28. The molecule has 1 fully saturated rings. The Hall–Kier alpha value is -0.680. The van der Waals surface area contributed by atoms with E-state index in [0.717, 1.165) is 17.4 Å². The normalized spacial score (nSPS) is 25.6. The van der Waals surface area contributed by atoms with Crippen LogP contribution in [-0.2, 0) is 6.42 Å². The van der Waals surface area contributed by atoms with Crippen molar-refractivity contribution in [3.8, 4) is 0 Å². The molecule has 0 aliphatic heterocycles. The summed E-state index contributed by atoms with van der Waals surface area (Å²) < 4.78 is 4.29. The van der Waals surface area contributed by atoms with Crippen molar-refractivity contribution in [2.75, 3.05) is 12.4 Å². The van der Waals surface area contributed by atoms with Crippen LogP contribution in [0.25, 0.3) is 0 Å². The predicted molar refractivity (Wildman–Crippen MR) is 68.0 cm³/mol. The van der Waals surface area contributed by atoms with Gasteiger partial charge in [0.15, 0.2) is 0 Å². The summed E-state index contributed by atoms with van der Waals surface area (Å²) in [7, 11) is 2.05. The van der Waals surface area contributed by atoms with Crippen LogP contribution in [0.15, 0.2) is 0 Å². The van der Waals surface area contributed by atoms with Crippen molar-refractivity contribution in [3.63, 3.8) is 0 Å². The van der Waals surface area contributed by atoms with E-state index in [0.29, 0.717) is 12.1 Å². The van der Waals surface area contributed by atoms with Gasteiger partial charge in [-0.25, -0.2) is 4.98 Å². The lowest BCUT2D eigenvalue weighted by molar-refractivity contribution is 0.371. The van der Waals surface area contributed by atoms with E-state index in [-0.39, 0.29) is 0 Å². The predicted octanol–water partition coefficient (Wildman–Crippen LogP) is 2.04. The van der Waals surface area contributed by atoms with Gasteiger partial charge in [-0.15, -0.1) is 0 Å². The molecule has 0 aromatic carbocycles. The van der Waals surface area contributed by atoms with Crippen molar-refractivity contribution in [1.82, 2.24) is 14.7 Å². The van der Waals surface area contributed by atoms with Gasteiger partial charge >= 0.3 is 0 Å². The summed E-state index contributed by atoms with van der Waals surface area (Å²) >= 11 is 1.49. The molecule has 0 spiro atoms. The molecule has 2 N–H and O–H groups in total. The molecule has 0 bridgehead atoms. The molecule has 5 heteroatoms. The first-order valence-corrected chi connectivity index (χ1v) is 6.85. The molecule has 1 saturated carbocycles. The summed E-state index contributed by atoms with van der Waals surface area (Å²) in [5.74, 6) is 0.955. The standard InChI is InChI=1S/C11H20N4S/c1-3-10-14-11(16-15-10)13-9-6-4-8(12-2)5-7-9/h8-9,12H,3-7H2,1-2H3,(H,13,14,15). The average molecular weight is 240 g/mol. The van der Waals surface area contributed by atoms with Crippen LogP contribution >= 0.6 is 11.5 Å². The fourth-order valence-electron chi connectivity index (χ4n) is 2.16. The highest BCUT2D eigenvalue weighted by molar-refractivity contribution is 7.09. The minimum Gasteiger partial charge on any atom is -0.358 e. The van der Waals surface area contributed by atoms with E-state index < -0.39 is 0 Å². The molecular formula is C11H20N4S. The summed E-state index contributed by atoms with van der Waals surface area (Å²) in [5, 5.41) is 7.84. The quantitative estimate of drug-likeness (QED) is 0.845. The fraction of sp³-hybridized carbons (Fsp3) is 0.818. The molecule has 1 heterocycles. The van der Waals surface area contributed by atoms with Crippen molar-refractivity contribution in [2.24, 2.45) is 0 Å². The van der Waals surface area contributed by atoms with Gasteiger partial charge in [0.05, 0.1) is 0 Å². The Morgan fingerprint density at radius 1 is 1.25 bits per heavy atom. The summed E-state index contributed by atoms with van der Waals surface area (Å²) in [5.41, 5.74) is 0. The number of aromatic nitrogens is 2. The highest BCUT2D eigenvalue weighted by Gasteiger charge is 2.20. The lowest BCUT2D eigenvalue weighted by atomic mass is 9.91. The van der Waals surface area contributed by atoms with E-state index in [2.05, 4.69) is 34.0 Å². The second-order valence-corrected chi connectivity index (χ2v) is 5.10. The number of nitrogens with one attached hydrogen (secondary N) is 2. The largest absolute Gasteiger partial charge is 0.358 e. The number of anilines is 1. The van der Waals surface area contributed by atoms with Crippen molar-refractivity contribution >= 4 is 16.7 Å². The molecule has 1 aliphatic carbocycles. The van der Waals surface area contributed by atoms with Gasteiger partial charge in [0, 0.05) is 30.0 Å². The number of nitrogens with zero attached hydrogens (tertiary/aromatic N) is 2. The topological polar surface area (TPSA) is 49.8 Å². The summed E-state index contributed by atoms with van der Waals surface area (Å²) in [6.07, 6.45) is 5.89. The molecule has 1 aromatic heterocycles. The van der Waals surface area contributed by atoms with Crippen molar-refractivity contribution in [2.45, 2.75) is 51.1 Å². The fourth-order valence-corrected chi connectivity index (χ4v) is 2.88. The number of rotatable bonds is 4. The second-order valence-electron chi connectivity index (χ2n) is 4.35. The molecule has 0 unspecified atom stereocenters. The highest BCUT2D eigenvalue weighted by Crippen LogP contribution is 2.22. The van der Waals surface area contributed by atoms with Gasteiger partial charge in [-0.1, -0.05) is 6.92 Å². The van der Waals surface area contributed by atoms with E-state index in [1.54, 1.807) is 0 Å². The first-order chi connectivity index (χ1) is 7.81. The first-order valence-electron chi connectivity index (χ1n) is 6.08. The Morgan fingerprint density at radius 2 is 1.94 bits per heavy atom. The molecule has 16 heavy (non-hydrogen) atoms. The first kappa shape index (κ1) is 11.8. The van der Waals surface area contributed by atoms with Gasteiger partial charge in [0.2, 0.25) is 5.13 Å². The zero-order chi connectivity index (χ0) is 11.4. The van der Waals surface area contributed by atoms with Gasteiger partial charge in [-0.3, -0.25) is 0 Å².